The molecule has 0 N–H and O–H groups in total. The van der Waals surface area contributed by atoms with Crippen LogP contribution in [-0.4, -0.2) is 32.7 Å². The first-order valence-electron chi connectivity index (χ1n) is 12.3. The summed E-state index contributed by atoms with van der Waals surface area (Å²) in [5.41, 5.74) is 1.94. The van der Waals surface area contributed by atoms with E-state index in [2.05, 4.69) is 6.92 Å². The molecule has 1 saturated heterocycles. The molecule has 184 valence electrons. The maximum Gasteiger partial charge on any atom is 0.168 e. The lowest BCUT2D eigenvalue weighted by atomic mass is 9.89. The Morgan fingerprint density at radius 2 is 1.65 bits per heavy atom. The topological polar surface area (TPSA) is 36.9 Å². The summed E-state index contributed by atoms with van der Waals surface area (Å²) in [6.45, 7) is 3.66. The van der Waals surface area contributed by atoms with E-state index in [0.29, 0.717) is 43.3 Å². The van der Waals surface area contributed by atoms with Gasteiger partial charge in [0.1, 0.15) is 17.4 Å². The molecule has 2 aromatic carbocycles. The van der Waals surface area contributed by atoms with Gasteiger partial charge in [-0.2, -0.15) is 0 Å². The second-order valence-electron chi connectivity index (χ2n) is 9.74. The lowest BCUT2D eigenvalue weighted by molar-refractivity contribution is -0.218. The number of fused-ring (bicyclic) bond motifs is 2. The highest BCUT2D eigenvalue weighted by Gasteiger charge is 2.35. The van der Waals surface area contributed by atoms with Crippen LogP contribution in [0.5, 0.6) is 11.5 Å². The van der Waals surface area contributed by atoms with Crippen LogP contribution in [0.25, 0.3) is 0 Å². The Kier molecular flexibility index (Phi) is 7.02. The first-order valence-corrected chi connectivity index (χ1v) is 12.3. The first-order chi connectivity index (χ1) is 16.5. The zero-order chi connectivity index (χ0) is 23.7. The van der Waals surface area contributed by atoms with E-state index in [1.807, 2.05) is 0 Å². The highest BCUT2D eigenvalue weighted by atomic mass is 19.1. The molecule has 3 heterocycles. The number of rotatable bonds is 6. The van der Waals surface area contributed by atoms with Crippen molar-refractivity contribution in [3.63, 3.8) is 0 Å². The molecule has 34 heavy (non-hydrogen) atoms. The van der Waals surface area contributed by atoms with Crippen LogP contribution in [-0.2, 0) is 22.3 Å². The van der Waals surface area contributed by atoms with Crippen LogP contribution in [0.2, 0.25) is 0 Å². The predicted molar refractivity (Wildman–Crippen MR) is 121 cm³/mol. The van der Waals surface area contributed by atoms with Gasteiger partial charge in [-0.1, -0.05) is 26.2 Å². The van der Waals surface area contributed by atoms with Gasteiger partial charge in [0.05, 0.1) is 26.4 Å². The van der Waals surface area contributed by atoms with Gasteiger partial charge in [-0.25, -0.2) is 13.2 Å². The molecule has 2 aromatic rings. The van der Waals surface area contributed by atoms with Crippen molar-refractivity contribution >= 4 is 0 Å². The van der Waals surface area contributed by atoms with Crippen molar-refractivity contribution in [2.75, 3.05) is 26.4 Å². The van der Waals surface area contributed by atoms with E-state index < -0.39 is 17.9 Å². The Balaban J connectivity index is 1.20. The average Bonchev–Trinajstić information content (AvgIpc) is 2.83. The fourth-order valence-electron chi connectivity index (χ4n) is 5.27. The Morgan fingerprint density at radius 3 is 2.44 bits per heavy atom. The standard InChI is InChI=1S/C27H31F3O4/c1-2-3-4-5-16-6-17-9-23(29)22(11-25(17)31-12-16)20-14-33-27(34-15-20)19-7-18-8-21(28)10-24(30)26(18)32-13-19/h8-11,16,19-20,27H,2-7,12-15H2,1H3/t16-,19-,20?,27?/m1/s1. The summed E-state index contributed by atoms with van der Waals surface area (Å²) < 4.78 is 65.9. The number of halogens is 3. The van der Waals surface area contributed by atoms with Gasteiger partial charge in [0.25, 0.3) is 0 Å². The molecule has 0 radical (unpaired) electrons. The van der Waals surface area contributed by atoms with Crippen LogP contribution in [0.3, 0.4) is 0 Å². The predicted octanol–water partition coefficient (Wildman–Crippen LogP) is 5.94. The number of hydrogen-bond acceptors (Lipinski definition) is 4. The van der Waals surface area contributed by atoms with Gasteiger partial charge in [-0.05, 0) is 54.5 Å². The van der Waals surface area contributed by atoms with Crippen LogP contribution in [0.15, 0.2) is 24.3 Å². The summed E-state index contributed by atoms with van der Waals surface area (Å²) in [7, 11) is 0. The number of ether oxygens (including phenoxy) is 4. The second kappa shape index (κ2) is 10.2. The van der Waals surface area contributed by atoms with Gasteiger partial charge in [-0.15, -0.1) is 0 Å². The molecular formula is C27H31F3O4. The molecule has 2 atom stereocenters. The number of benzene rings is 2. The molecule has 3 aliphatic heterocycles. The summed E-state index contributed by atoms with van der Waals surface area (Å²) in [6.07, 6.45) is 5.35. The van der Waals surface area contributed by atoms with E-state index in [1.54, 1.807) is 12.1 Å². The zero-order valence-corrected chi connectivity index (χ0v) is 19.5. The van der Waals surface area contributed by atoms with Crippen LogP contribution in [0.1, 0.15) is 55.2 Å². The number of unbranched alkanes of at least 4 members (excludes halogenated alkanes) is 2. The summed E-state index contributed by atoms with van der Waals surface area (Å²) in [5, 5.41) is 0. The molecule has 0 amide bonds. The van der Waals surface area contributed by atoms with Crippen LogP contribution in [0.4, 0.5) is 13.2 Å². The molecule has 7 heteroatoms. The minimum absolute atomic E-state index is 0.0927. The Labute approximate surface area is 198 Å². The molecular weight excluding hydrogens is 445 g/mol. The Morgan fingerprint density at radius 1 is 0.824 bits per heavy atom. The van der Waals surface area contributed by atoms with E-state index in [4.69, 9.17) is 18.9 Å². The van der Waals surface area contributed by atoms with Gasteiger partial charge in [0, 0.05) is 23.5 Å². The molecule has 0 unspecified atom stereocenters. The highest BCUT2D eigenvalue weighted by Crippen LogP contribution is 2.38. The van der Waals surface area contributed by atoms with Crippen molar-refractivity contribution in [3.05, 3.63) is 58.4 Å². The van der Waals surface area contributed by atoms with Gasteiger partial charge in [-0.3, -0.25) is 0 Å². The maximum atomic E-state index is 15.0. The Hall–Kier alpha value is -2.25. The van der Waals surface area contributed by atoms with Crippen LogP contribution >= 0.6 is 0 Å². The highest BCUT2D eigenvalue weighted by molar-refractivity contribution is 5.42. The third kappa shape index (κ3) is 4.91. The molecule has 1 fully saturated rings. The van der Waals surface area contributed by atoms with E-state index in [0.717, 1.165) is 30.2 Å². The molecule has 3 aliphatic rings. The van der Waals surface area contributed by atoms with Crippen molar-refractivity contribution < 1.29 is 32.1 Å². The van der Waals surface area contributed by atoms with Crippen molar-refractivity contribution in [1.29, 1.82) is 0 Å². The second-order valence-corrected chi connectivity index (χ2v) is 9.74. The third-order valence-electron chi connectivity index (χ3n) is 7.14. The fraction of sp³-hybridized carbons (Fsp3) is 0.556. The fourth-order valence-corrected chi connectivity index (χ4v) is 5.27. The first kappa shape index (κ1) is 23.5. The maximum absolute atomic E-state index is 15.0. The van der Waals surface area contributed by atoms with Gasteiger partial charge >= 0.3 is 0 Å². The summed E-state index contributed by atoms with van der Waals surface area (Å²) in [5.74, 6) is -0.749. The molecule has 0 aliphatic carbocycles. The zero-order valence-electron chi connectivity index (χ0n) is 19.5. The smallest absolute Gasteiger partial charge is 0.168 e. The van der Waals surface area contributed by atoms with Crippen molar-refractivity contribution in [1.82, 2.24) is 0 Å². The van der Waals surface area contributed by atoms with Gasteiger partial charge in [0.15, 0.2) is 17.9 Å². The minimum atomic E-state index is -0.698. The van der Waals surface area contributed by atoms with E-state index in [-0.39, 0.29) is 30.0 Å². The lowest BCUT2D eigenvalue weighted by Crippen LogP contribution is -2.41. The number of hydrogen-bond donors (Lipinski definition) is 0. The minimum Gasteiger partial charge on any atom is -0.493 e. The molecule has 0 spiro atoms. The summed E-state index contributed by atoms with van der Waals surface area (Å²) in [6, 6.07) is 5.52. The molecule has 0 saturated carbocycles. The quantitative estimate of drug-likeness (QED) is 0.484. The van der Waals surface area contributed by atoms with Gasteiger partial charge in [0.2, 0.25) is 0 Å². The Bertz CT molecular complexity index is 1020. The van der Waals surface area contributed by atoms with Crippen molar-refractivity contribution in [2.45, 2.75) is 57.7 Å². The molecule has 4 nitrogen and oxygen atoms in total. The van der Waals surface area contributed by atoms with Crippen LogP contribution < -0.4 is 9.47 Å². The third-order valence-corrected chi connectivity index (χ3v) is 7.14. The van der Waals surface area contributed by atoms with Crippen molar-refractivity contribution in [2.24, 2.45) is 11.8 Å². The van der Waals surface area contributed by atoms with E-state index >= 15 is 4.39 Å². The summed E-state index contributed by atoms with van der Waals surface area (Å²) >= 11 is 0. The SMILES string of the molecule is CCCCC[C@H]1COc2cc(C3COC([C@H]4COc5c(F)cc(F)cc5C4)OC3)c(F)cc2C1. The normalized spacial score (nSPS) is 26.2. The average molecular weight is 477 g/mol. The van der Waals surface area contributed by atoms with Gasteiger partial charge < -0.3 is 18.9 Å². The molecule has 5 rings (SSSR count). The van der Waals surface area contributed by atoms with Crippen LogP contribution in [0, 0.1) is 29.3 Å². The van der Waals surface area contributed by atoms with E-state index in [1.165, 1.54) is 25.3 Å². The molecule has 0 bridgehead atoms. The van der Waals surface area contributed by atoms with E-state index in [9.17, 15) is 8.78 Å². The summed E-state index contributed by atoms with van der Waals surface area (Å²) in [4.78, 5) is 0. The van der Waals surface area contributed by atoms with Crippen molar-refractivity contribution in [3.8, 4) is 11.5 Å². The largest absolute Gasteiger partial charge is 0.493 e. The molecule has 0 aromatic heterocycles. The lowest BCUT2D eigenvalue weighted by Gasteiger charge is -2.36. The monoisotopic (exact) mass is 476 g/mol.